The van der Waals surface area contributed by atoms with Gasteiger partial charge in [-0.25, -0.2) is 14.2 Å². The Balaban J connectivity index is 1.10. The summed E-state index contributed by atoms with van der Waals surface area (Å²) in [7, 11) is 1.39. The molecule has 2 unspecified atom stereocenters. The number of imidazole rings is 1. The Labute approximate surface area is 260 Å². The molecule has 0 bridgehead atoms. The zero-order valence-electron chi connectivity index (χ0n) is 24.8. The Hall–Kier alpha value is -3.66. The molecule has 3 aromatic carbocycles. The van der Waals surface area contributed by atoms with E-state index >= 15 is 0 Å². The molecule has 4 aromatic rings. The van der Waals surface area contributed by atoms with Crippen molar-refractivity contribution in [1.82, 2.24) is 14.5 Å². The first-order valence-electron chi connectivity index (χ1n) is 15.2. The number of aromatic nitrogens is 2. The van der Waals surface area contributed by atoms with Crippen LogP contribution in [0, 0.1) is 5.82 Å². The van der Waals surface area contributed by atoms with Crippen LogP contribution in [0.4, 0.5) is 4.39 Å². The highest BCUT2D eigenvalue weighted by Crippen LogP contribution is 2.45. The Morgan fingerprint density at radius 3 is 2.75 bits per heavy atom. The molecular formula is C34H35ClFN3O5. The van der Waals surface area contributed by atoms with E-state index in [0.717, 1.165) is 54.8 Å². The minimum Gasteiger partial charge on any atom is -0.485 e. The van der Waals surface area contributed by atoms with Crippen molar-refractivity contribution >= 4 is 28.6 Å². The van der Waals surface area contributed by atoms with Crippen molar-refractivity contribution in [1.29, 1.82) is 0 Å². The molecule has 7 rings (SSSR count). The second kappa shape index (κ2) is 12.0. The van der Waals surface area contributed by atoms with Crippen molar-refractivity contribution in [2.45, 2.75) is 63.4 Å². The molecule has 230 valence electrons. The molecule has 10 heteroatoms. The summed E-state index contributed by atoms with van der Waals surface area (Å²) in [5.74, 6) is 1.86. The van der Waals surface area contributed by atoms with Crippen molar-refractivity contribution in [3.8, 4) is 11.5 Å². The molecule has 0 radical (unpaired) electrons. The number of rotatable bonds is 7. The number of piperidine rings is 1. The third kappa shape index (κ3) is 5.53. The molecule has 0 saturated carbocycles. The number of likely N-dealkylation sites (tertiary alicyclic amines) is 1. The third-order valence-corrected chi connectivity index (χ3v) is 9.43. The van der Waals surface area contributed by atoms with Crippen molar-refractivity contribution in [2.24, 2.45) is 0 Å². The fraction of sp³-hybridized carbons (Fsp3) is 0.412. The van der Waals surface area contributed by atoms with E-state index in [1.165, 1.54) is 13.2 Å². The van der Waals surface area contributed by atoms with Gasteiger partial charge in [-0.3, -0.25) is 4.90 Å². The standard InChI is InChI=1S/C34H35ClFN3O5/c1-20-14-21(25-4-3-5-30-33(25)44-31(19-43-30)26-8-7-23(35)16-27(26)36)10-12-38(20)18-32-37-28-9-6-22(34(40)41-2)15-29(28)39(32)17-24-11-13-42-24/h3-9,15-16,20-21,24,31H,10-14,17-19H2,1-2H3/t20-,21?,24-,31?/m0/s1. The molecule has 0 spiro atoms. The number of methoxy groups -OCH3 is 1. The number of hydrogen-bond acceptors (Lipinski definition) is 7. The van der Waals surface area contributed by atoms with Gasteiger partial charge in [-0.1, -0.05) is 29.8 Å². The maximum Gasteiger partial charge on any atom is 0.337 e. The Morgan fingerprint density at radius 1 is 1.14 bits per heavy atom. The molecule has 0 amide bonds. The topological polar surface area (TPSA) is 75.0 Å². The first-order chi connectivity index (χ1) is 21.4. The molecule has 0 aliphatic carbocycles. The van der Waals surface area contributed by atoms with Gasteiger partial charge < -0.3 is 23.5 Å². The lowest BCUT2D eigenvalue weighted by Gasteiger charge is -2.39. The SMILES string of the molecule is COC(=O)c1ccc2nc(CN3CCC(c4cccc5c4OC(c4ccc(Cl)cc4F)CO5)C[C@@H]3C)n(C[C@@H]3CCO3)c2c1. The third-order valence-electron chi connectivity index (χ3n) is 9.20. The summed E-state index contributed by atoms with van der Waals surface area (Å²) in [4.78, 5) is 19.7. The van der Waals surface area contributed by atoms with E-state index in [-0.39, 0.29) is 30.6 Å². The fourth-order valence-electron chi connectivity index (χ4n) is 6.65. The fourth-order valence-corrected chi connectivity index (χ4v) is 6.80. The van der Waals surface area contributed by atoms with Gasteiger partial charge >= 0.3 is 5.97 Å². The molecule has 1 aromatic heterocycles. The lowest BCUT2D eigenvalue weighted by atomic mass is 9.85. The van der Waals surface area contributed by atoms with Gasteiger partial charge in [0.2, 0.25) is 0 Å². The predicted molar refractivity (Wildman–Crippen MR) is 164 cm³/mol. The van der Waals surface area contributed by atoms with Crippen LogP contribution in [0.2, 0.25) is 5.02 Å². The van der Waals surface area contributed by atoms with E-state index in [4.69, 9.17) is 35.5 Å². The number of para-hydroxylation sites is 1. The minimum absolute atomic E-state index is 0.146. The number of carbonyl (C=O) groups is 1. The van der Waals surface area contributed by atoms with Crippen LogP contribution in [0.25, 0.3) is 11.0 Å². The van der Waals surface area contributed by atoms with Gasteiger partial charge in [0.15, 0.2) is 17.6 Å². The summed E-state index contributed by atoms with van der Waals surface area (Å²) < 4.78 is 40.2. The molecule has 8 nitrogen and oxygen atoms in total. The maximum atomic E-state index is 14.7. The molecule has 4 heterocycles. The predicted octanol–water partition coefficient (Wildman–Crippen LogP) is 6.68. The average molecular weight is 620 g/mol. The zero-order valence-corrected chi connectivity index (χ0v) is 25.6. The van der Waals surface area contributed by atoms with E-state index in [0.29, 0.717) is 40.7 Å². The van der Waals surface area contributed by atoms with Crippen LogP contribution in [0.15, 0.2) is 54.6 Å². The number of carbonyl (C=O) groups excluding carboxylic acids is 1. The minimum atomic E-state index is -0.550. The van der Waals surface area contributed by atoms with Crippen LogP contribution >= 0.6 is 11.6 Å². The van der Waals surface area contributed by atoms with Crippen LogP contribution in [0.1, 0.15) is 65.5 Å². The van der Waals surface area contributed by atoms with Gasteiger partial charge in [-0.15, -0.1) is 0 Å². The monoisotopic (exact) mass is 619 g/mol. The zero-order chi connectivity index (χ0) is 30.4. The van der Waals surface area contributed by atoms with Gasteiger partial charge in [0.1, 0.15) is 18.2 Å². The molecule has 3 aliphatic rings. The first-order valence-corrected chi connectivity index (χ1v) is 15.6. The van der Waals surface area contributed by atoms with E-state index in [9.17, 15) is 9.18 Å². The molecule has 44 heavy (non-hydrogen) atoms. The second-order valence-corrected chi connectivity index (χ2v) is 12.4. The molecule has 0 N–H and O–H groups in total. The van der Waals surface area contributed by atoms with Crippen molar-refractivity contribution in [3.05, 3.63) is 88.0 Å². The number of benzene rings is 3. The highest BCUT2D eigenvalue weighted by atomic mass is 35.5. The van der Waals surface area contributed by atoms with Gasteiger partial charge in [0.25, 0.3) is 0 Å². The highest BCUT2D eigenvalue weighted by Gasteiger charge is 2.34. The summed E-state index contributed by atoms with van der Waals surface area (Å²) in [5, 5.41) is 0.350. The Kier molecular flexibility index (Phi) is 7.95. The summed E-state index contributed by atoms with van der Waals surface area (Å²) >= 11 is 5.98. The van der Waals surface area contributed by atoms with Gasteiger partial charge in [-0.05, 0) is 75.0 Å². The number of hydrogen-bond donors (Lipinski definition) is 0. The van der Waals surface area contributed by atoms with Crippen molar-refractivity contribution in [2.75, 3.05) is 26.9 Å². The number of halogens is 2. The maximum absolute atomic E-state index is 14.7. The normalized spacial score (nSPS) is 23.4. The molecule has 3 aliphatic heterocycles. The second-order valence-electron chi connectivity index (χ2n) is 11.9. The van der Waals surface area contributed by atoms with Crippen LogP contribution in [0.5, 0.6) is 11.5 Å². The van der Waals surface area contributed by atoms with Gasteiger partial charge in [0.05, 0.1) is 42.9 Å². The lowest BCUT2D eigenvalue weighted by Crippen LogP contribution is -2.40. The van der Waals surface area contributed by atoms with E-state index in [1.54, 1.807) is 18.2 Å². The number of esters is 1. The molecule has 2 saturated heterocycles. The van der Waals surface area contributed by atoms with Crippen molar-refractivity contribution in [3.63, 3.8) is 0 Å². The summed E-state index contributed by atoms with van der Waals surface area (Å²) in [6.07, 6.45) is 2.47. The molecular weight excluding hydrogens is 585 g/mol. The van der Waals surface area contributed by atoms with E-state index < -0.39 is 11.9 Å². The van der Waals surface area contributed by atoms with Crippen LogP contribution in [0.3, 0.4) is 0 Å². The number of ether oxygens (including phenoxy) is 4. The van der Waals surface area contributed by atoms with E-state index in [1.807, 2.05) is 24.3 Å². The van der Waals surface area contributed by atoms with Crippen molar-refractivity contribution < 1.29 is 28.1 Å². The Morgan fingerprint density at radius 2 is 2.00 bits per heavy atom. The van der Waals surface area contributed by atoms with Crippen LogP contribution in [-0.4, -0.2) is 59.4 Å². The summed E-state index contributed by atoms with van der Waals surface area (Å²) in [5.41, 5.74) is 3.81. The number of fused-ring (bicyclic) bond motifs is 2. The molecule has 2 fully saturated rings. The smallest absolute Gasteiger partial charge is 0.337 e. The van der Waals surface area contributed by atoms with Gasteiger partial charge in [0, 0.05) is 28.8 Å². The van der Waals surface area contributed by atoms with Crippen LogP contribution < -0.4 is 9.47 Å². The lowest BCUT2D eigenvalue weighted by molar-refractivity contribution is -0.0592. The highest BCUT2D eigenvalue weighted by molar-refractivity contribution is 6.30. The van der Waals surface area contributed by atoms with Gasteiger partial charge in [-0.2, -0.15) is 0 Å². The largest absolute Gasteiger partial charge is 0.485 e. The first kappa shape index (κ1) is 29.1. The number of nitrogens with zero attached hydrogens (tertiary/aromatic N) is 3. The average Bonchev–Trinajstić information content (AvgIpc) is 3.34. The summed E-state index contributed by atoms with van der Waals surface area (Å²) in [6, 6.07) is 16.5. The summed E-state index contributed by atoms with van der Waals surface area (Å²) in [6.45, 7) is 5.53. The van der Waals surface area contributed by atoms with E-state index in [2.05, 4.69) is 22.5 Å². The molecule has 4 atom stereocenters. The van der Waals surface area contributed by atoms with Crippen LogP contribution in [-0.2, 0) is 22.6 Å². The quantitative estimate of drug-likeness (QED) is 0.214. The Bertz CT molecular complexity index is 1710.